The summed E-state index contributed by atoms with van der Waals surface area (Å²) in [5.74, 6) is 0. The zero-order valence-electron chi connectivity index (χ0n) is 10.2. The van der Waals surface area contributed by atoms with Crippen LogP contribution in [0.5, 0.6) is 0 Å². The summed E-state index contributed by atoms with van der Waals surface area (Å²) in [6, 6.07) is 1.07. The summed E-state index contributed by atoms with van der Waals surface area (Å²) in [6.07, 6.45) is 5.41. The fourth-order valence-corrected chi connectivity index (χ4v) is 2.43. The molecule has 0 radical (unpaired) electrons. The van der Waals surface area contributed by atoms with E-state index in [9.17, 15) is 0 Å². The van der Waals surface area contributed by atoms with Crippen LogP contribution in [0.3, 0.4) is 0 Å². The van der Waals surface area contributed by atoms with Crippen LogP contribution in [0, 0.1) is 5.41 Å². The van der Waals surface area contributed by atoms with Crippen LogP contribution in [-0.4, -0.2) is 30.6 Å². The third kappa shape index (κ3) is 3.58. The third-order valence-corrected chi connectivity index (χ3v) is 3.51. The van der Waals surface area contributed by atoms with Gasteiger partial charge in [0.25, 0.3) is 0 Å². The van der Waals surface area contributed by atoms with Crippen LogP contribution in [0.15, 0.2) is 0 Å². The lowest BCUT2D eigenvalue weighted by atomic mass is 9.75. The summed E-state index contributed by atoms with van der Waals surface area (Å²) in [7, 11) is 2.21. The van der Waals surface area contributed by atoms with Gasteiger partial charge in [-0.05, 0) is 45.1 Å². The van der Waals surface area contributed by atoms with Crippen molar-refractivity contribution in [2.75, 3.05) is 13.6 Å². The molecule has 0 spiro atoms. The van der Waals surface area contributed by atoms with Crippen LogP contribution in [0.25, 0.3) is 0 Å². The first kappa shape index (κ1) is 12.0. The molecule has 0 aromatic heterocycles. The second-order valence-corrected chi connectivity index (χ2v) is 5.81. The Kier molecular flexibility index (Phi) is 3.96. The second kappa shape index (κ2) is 4.63. The average molecular weight is 198 g/mol. The number of hydrogen-bond acceptors (Lipinski definition) is 2. The SMILES string of the molecule is CC(N)CN(C)C1CCC(C)(C)CC1. The molecule has 0 amide bonds. The van der Waals surface area contributed by atoms with Crippen LogP contribution in [0.1, 0.15) is 46.5 Å². The average Bonchev–Trinajstić information content (AvgIpc) is 2.02. The van der Waals surface area contributed by atoms with Crippen LogP contribution in [-0.2, 0) is 0 Å². The van der Waals surface area contributed by atoms with Crippen molar-refractivity contribution >= 4 is 0 Å². The highest BCUT2D eigenvalue weighted by atomic mass is 15.1. The Bertz CT molecular complexity index is 165. The fourth-order valence-electron chi connectivity index (χ4n) is 2.43. The lowest BCUT2D eigenvalue weighted by Gasteiger charge is -2.39. The lowest BCUT2D eigenvalue weighted by molar-refractivity contribution is 0.124. The van der Waals surface area contributed by atoms with Crippen molar-refractivity contribution in [2.45, 2.75) is 58.5 Å². The van der Waals surface area contributed by atoms with Gasteiger partial charge in [0, 0.05) is 18.6 Å². The molecule has 84 valence electrons. The van der Waals surface area contributed by atoms with Crippen molar-refractivity contribution in [3.63, 3.8) is 0 Å². The molecule has 0 aromatic carbocycles. The molecule has 1 aliphatic rings. The molecule has 2 nitrogen and oxygen atoms in total. The molecular weight excluding hydrogens is 172 g/mol. The van der Waals surface area contributed by atoms with Gasteiger partial charge in [0.2, 0.25) is 0 Å². The van der Waals surface area contributed by atoms with E-state index in [4.69, 9.17) is 5.73 Å². The molecule has 2 N–H and O–H groups in total. The summed E-state index contributed by atoms with van der Waals surface area (Å²) >= 11 is 0. The molecule has 1 atom stereocenters. The standard InChI is InChI=1S/C12H26N2/c1-10(13)9-14(4)11-5-7-12(2,3)8-6-11/h10-11H,5-9,13H2,1-4H3. The van der Waals surface area contributed by atoms with E-state index in [1.54, 1.807) is 0 Å². The second-order valence-electron chi connectivity index (χ2n) is 5.81. The van der Waals surface area contributed by atoms with Crippen molar-refractivity contribution in [3.05, 3.63) is 0 Å². The van der Waals surface area contributed by atoms with E-state index in [2.05, 4.69) is 32.7 Å². The number of likely N-dealkylation sites (N-methyl/N-ethyl adjacent to an activating group) is 1. The maximum atomic E-state index is 5.81. The molecule has 0 aromatic rings. The molecule has 2 heteroatoms. The predicted octanol–water partition coefficient (Wildman–Crippen LogP) is 2.23. The molecule has 1 aliphatic carbocycles. The van der Waals surface area contributed by atoms with Gasteiger partial charge in [-0.25, -0.2) is 0 Å². The van der Waals surface area contributed by atoms with Crippen molar-refractivity contribution in [3.8, 4) is 0 Å². The van der Waals surface area contributed by atoms with Gasteiger partial charge < -0.3 is 10.6 Å². The summed E-state index contributed by atoms with van der Waals surface area (Å²) in [6.45, 7) is 7.89. The molecule has 1 saturated carbocycles. The predicted molar refractivity (Wildman–Crippen MR) is 62.3 cm³/mol. The minimum absolute atomic E-state index is 0.301. The highest BCUT2D eigenvalue weighted by Gasteiger charge is 2.28. The Balaban J connectivity index is 2.34. The molecule has 14 heavy (non-hydrogen) atoms. The number of rotatable bonds is 3. The Morgan fingerprint density at radius 3 is 2.29 bits per heavy atom. The van der Waals surface area contributed by atoms with Gasteiger partial charge in [-0.2, -0.15) is 0 Å². The molecule has 0 saturated heterocycles. The van der Waals surface area contributed by atoms with Crippen LogP contribution < -0.4 is 5.73 Å². The van der Waals surface area contributed by atoms with Crippen LogP contribution in [0.2, 0.25) is 0 Å². The number of hydrogen-bond donors (Lipinski definition) is 1. The molecule has 0 bridgehead atoms. The van der Waals surface area contributed by atoms with E-state index in [-0.39, 0.29) is 0 Å². The Labute approximate surface area is 88.8 Å². The minimum atomic E-state index is 0.301. The van der Waals surface area contributed by atoms with E-state index in [1.807, 2.05) is 0 Å². The van der Waals surface area contributed by atoms with Gasteiger partial charge in [-0.3, -0.25) is 0 Å². The van der Waals surface area contributed by atoms with Crippen LogP contribution in [0.4, 0.5) is 0 Å². The maximum Gasteiger partial charge on any atom is 0.0139 e. The monoisotopic (exact) mass is 198 g/mol. The van der Waals surface area contributed by atoms with Gasteiger partial charge in [0.05, 0.1) is 0 Å². The number of nitrogens with two attached hydrogens (primary N) is 1. The van der Waals surface area contributed by atoms with Crippen molar-refractivity contribution in [1.29, 1.82) is 0 Å². The van der Waals surface area contributed by atoms with E-state index in [0.29, 0.717) is 11.5 Å². The van der Waals surface area contributed by atoms with Gasteiger partial charge in [-0.15, -0.1) is 0 Å². The first-order valence-electron chi connectivity index (χ1n) is 5.86. The minimum Gasteiger partial charge on any atom is -0.327 e. The maximum absolute atomic E-state index is 5.81. The molecule has 1 unspecified atom stereocenters. The van der Waals surface area contributed by atoms with Crippen LogP contribution >= 0.6 is 0 Å². The third-order valence-electron chi connectivity index (χ3n) is 3.51. The quantitative estimate of drug-likeness (QED) is 0.753. The highest BCUT2D eigenvalue weighted by Crippen LogP contribution is 2.36. The van der Waals surface area contributed by atoms with E-state index >= 15 is 0 Å². The van der Waals surface area contributed by atoms with Gasteiger partial charge in [0.15, 0.2) is 0 Å². The zero-order chi connectivity index (χ0) is 10.8. The summed E-state index contributed by atoms with van der Waals surface area (Å²) in [4.78, 5) is 2.44. The van der Waals surface area contributed by atoms with E-state index < -0.39 is 0 Å². The Hall–Kier alpha value is -0.0800. The molecule has 0 aliphatic heterocycles. The van der Waals surface area contributed by atoms with Gasteiger partial charge in [0.1, 0.15) is 0 Å². The normalized spacial score (nSPS) is 25.3. The first-order chi connectivity index (χ1) is 6.41. The van der Waals surface area contributed by atoms with Crippen molar-refractivity contribution in [1.82, 2.24) is 4.90 Å². The van der Waals surface area contributed by atoms with E-state index in [1.165, 1.54) is 25.7 Å². The Morgan fingerprint density at radius 1 is 1.36 bits per heavy atom. The fraction of sp³-hybridized carbons (Fsp3) is 1.00. The van der Waals surface area contributed by atoms with Gasteiger partial charge >= 0.3 is 0 Å². The smallest absolute Gasteiger partial charge is 0.0139 e. The largest absolute Gasteiger partial charge is 0.327 e. The van der Waals surface area contributed by atoms with Crippen molar-refractivity contribution < 1.29 is 0 Å². The molecule has 0 heterocycles. The van der Waals surface area contributed by atoms with Gasteiger partial charge in [-0.1, -0.05) is 13.8 Å². The molecule has 1 fully saturated rings. The molecule has 1 rings (SSSR count). The lowest BCUT2D eigenvalue weighted by Crippen LogP contribution is -2.42. The Morgan fingerprint density at radius 2 is 1.86 bits per heavy atom. The van der Waals surface area contributed by atoms with E-state index in [0.717, 1.165) is 12.6 Å². The highest BCUT2D eigenvalue weighted by molar-refractivity contribution is 4.83. The summed E-state index contributed by atoms with van der Waals surface area (Å²) in [5.41, 5.74) is 6.39. The number of nitrogens with zero attached hydrogens (tertiary/aromatic N) is 1. The first-order valence-corrected chi connectivity index (χ1v) is 5.86. The zero-order valence-corrected chi connectivity index (χ0v) is 10.2. The summed E-state index contributed by atoms with van der Waals surface area (Å²) in [5, 5.41) is 0. The topological polar surface area (TPSA) is 29.3 Å². The molecular formula is C12H26N2. The van der Waals surface area contributed by atoms with Crippen molar-refractivity contribution in [2.24, 2.45) is 11.1 Å². The summed E-state index contributed by atoms with van der Waals surface area (Å²) < 4.78 is 0.